The van der Waals surface area contributed by atoms with Crippen LogP contribution in [0.25, 0.3) is 0 Å². The number of carbonyl (C=O) groups is 1. The molecule has 0 fully saturated rings. The molecule has 0 aliphatic carbocycles. The van der Waals surface area contributed by atoms with E-state index in [4.69, 9.17) is 10.8 Å². The Balaban J connectivity index is 2.22. The first kappa shape index (κ1) is 11.9. The highest BCUT2D eigenvalue weighted by Crippen LogP contribution is 2.20. The Bertz CT molecular complexity index is 599. The van der Waals surface area contributed by atoms with Gasteiger partial charge in [-0.25, -0.2) is 4.39 Å². The normalized spacial score (nSPS) is 10.1. The number of para-hydroxylation sites is 1. The van der Waals surface area contributed by atoms with Gasteiger partial charge in [0.25, 0.3) is 5.91 Å². The number of nitrogen functional groups attached to an aromatic ring is 1. The predicted octanol–water partition coefficient (Wildman–Crippen LogP) is 2.37. The monoisotopic (exact) mass is 246 g/mol. The quantitative estimate of drug-likeness (QED) is 0.562. The second-order valence-corrected chi connectivity index (χ2v) is 3.71. The smallest absolute Gasteiger partial charge is 0.257 e. The minimum Gasteiger partial charge on any atom is -0.505 e. The van der Waals surface area contributed by atoms with Gasteiger partial charge in [0.05, 0.1) is 5.56 Å². The first-order valence-electron chi connectivity index (χ1n) is 5.22. The fraction of sp³-hybridized carbons (Fsp3) is 0. The highest BCUT2D eigenvalue weighted by atomic mass is 19.1. The number of amides is 1. The molecule has 18 heavy (non-hydrogen) atoms. The third kappa shape index (κ3) is 2.40. The zero-order valence-corrected chi connectivity index (χ0v) is 9.35. The molecule has 4 nitrogen and oxygen atoms in total. The molecule has 1 amide bonds. The summed E-state index contributed by atoms with van der Waals surface area (Å²) in [5, 5.41) is 11.5. The zero-order chi connectivity index (χ0) is 13.1. The topological polar surface area (TPSA) is 75.4 Å². The van der Waals surface area contributed by atoms with Crippen LogP contribution in [0.4, 0.5) is 15.8 Å². The number of phenolic OH excluding ortho intramolecular Hbond substituents is 1. The van der Waals surface area contributed by atoms with Gasteiger partial charge in [0, 0.05) is 17.4 Å². The number of nitrogens with two attached hydrogens (primary N) is 1. The van der Waals surface area contributed by atoms with Crippen molar-refractivity contribution in [3.05, 3.63) is 53.8 Å². The zero-order valence-electron chi connectivity index (χ0n) is 9.35. The van der Waals surface area contributed by atoms with E-state index in [9.17, 15) is 9.18 Å². The molecule has 0 unspecified atom stereocenters. The fourth-order valence-corrected chi connectivity index (χ4v) is 1.49. The van der Waals surface area contributed by atoms with Gasteiger partial charge >= 0.3 is 0 Å². The van der Waals surface area contributed by atoms with E-state index in [-0.39, 0.29) is 5.69 Å². The number of benzene rings is 2. The Morgan fingerprint density at radius 3 is 2.61 bits per heavy atom. The van der Waals surface area contributed by atoms with Crippen LogP contribution in [0.1, 0.15) is 10.4 Å². The maximum absolute atomic E-state index is 13.1. The molecule has 0 aliphatic heterocycles. The lowest BCUT2D eigenvalue weighted by Gasteiger charge is -2.07. The predicted molar refractivity (Wildman–Crippen MR) is 66.9 cm³/mol. The summed E-state index contributed by atoms with van der Waals surface area (Å²) in [6.45, 7) is 0. The van der Waals surface area contributed by atoms with Crippen LogP contribution in [0.2, 0.25) is 0 Å². The Labute approximate surface area is 103 Å². The Kier molecular flexibility index (Phi) is 3.14. The van der Waals surface area contributed by atoms with Crippen LogP contribution < -0.4 is 11.1 Å². The van der Waals surface area contributed by atoms with Crippen molar-refractivity contribution in [3.8, 4) is 5.75 Å². The lowest BCUT2D eigenvalue weighted by Crippen LogP contribution is -2.13. The van der Waals surface area contributed by atoms with Crippen LogP contribution in [-0.4, -0.2) is 11.0 Å². The molecule has 2 aromatic rings. The molecule has 0 radical (unpaired) electrons. The molecule has 2 rings (SSSR count). The van der Waals surface area contributed by atoms with Crippen molar-refractivity contribution in [3.63, 3.8) is 0 Å². The molecule has 0 spiro atoms. The summed E-state index contributed by atoms with van der Waals surface area (Å²) in [5.74, 6) is -1.70. The van der Waals surface area contributed by atoms with Crippen LogP contribution in [0.3, 0.4) is 0 Å². The molecular formula is C13H11FN2O2. The van der Waals surface area contributed by atoms with E-state index in [1.54, 1.807) is 24.3 Å². The van der Waals surface area contributed by atoms with E-state index in [0.717, 1.165) is 6.07 Å². The summed E-state index contributed by atoms with van der Waals surface area (Å²) in [7, 11) is 0. The van der Waals surface area contributed by atoms with E-state index in [1.807, 2.05) is 0 Å². The fourth-order valence-electron chi connectivity index (χ4n) is 1.49. The van der Waals surface area contributed by atoms with Crippen molar-refractivity contribution in [1.82, 2.24) is 0 Å². The molecule has 0 saturated heterocycles. The van der Waals surface area contributed by atoms with Gasteiger partial charge in [-0.3, -0.25) is 4.79 Å². The molecule has 0 bridgehead atoms. The van der Waals surface area contributed by atoms with E-state index in [1.165, 1.54) is 12.1 Å². The van der Waals surface area contributed by atoms with E-state index >= 15 is 0 Å². The number of rotatable bonds is 2. The average molecular weight is 246 g/mol. The van der Waals surface area contributed by atoms with E-state index in [2.05, 4.69) is 5.32 Å². The average Bonchev–Trinajstić information content (AvgIpc) is 2.34. The summed E-state index contributed by atoms with van der Waals surface area (Å²) in [6, 6.07) is 10.2. The van der Waals surface area contributed by atoms with E-state index in [0.29, 0.717) is 11.3 Å². The first-order valence-corrected chi connectivity index (χ1v) is 5.22. The molecule has 0 heterocycles. The Morgan fingerprint density at radius 1 is 1.22 bits per heavy atom. The molecule has 0 saturated carbocycles. The maximum atomic E-state index is 13.1. The number of hydrogen-bond donors (Lipinski definition) is 3. The number of carbonyl (C=O) groups excluding carboxylic acids is 1. The Hall–Kier alpha value is -2.56. The maximum Gasteiger partial charge on any atom is 0.257 e. The van der Waals surface area contributed by atoms with Gasteiger partial charge in [-0.15, -0.1) is 0 Å². The lowest BCUT2D eigenvalue weighted by molar-refractivity contribution is 0.102. The highest BCUT2D eigenvalue weighted by molar-refractivity contribution is 6.07. The first-order chi connectivity index (χ1) is 8.58. The third-order valence-corrected chi connectivity index (χ3v) is 2.41. The minimum absolute atomic E-state index is 0.249. The summed E-state index contributed by atoms with van der Waals surface area (Å²) in [6.07, 6.45) is 0. The molecule has 0 aliphatic rings. The molecule has 0 atom stereocenters. The second kappa shape index (κ2) is 4.75. The van der Waals surface area contributed by atoms with Gasteiger partial charge < -0.3 is 16.2 Å². The Morgan fingerprint density at radius 2 is 1.94 bits per heavy atom. The highest BCUT2D eigenvalue weighted by Gasteiger charge is 2.10. The van der Waals surface area contributed by atoms with Gasteiger partial charge in [-0.1, -0.05) is 12.1 Å². The molecular weight excluding hydrogens is 235 g/mol. The SMILES string of the molecule is Nc1ccccc1C(=O)Nc1ccc(O)c(F)c1. The minimum atomic E-state index is -0.797. The van der Waals surface area contributed by atoms with Gasteiger partial charge in [0.1, 0.15) is 0 Å². The summed E-state index contributed by atoms with van der Waals surface area (Å²) >= 11 is 0. The van der Waals surface area contributed by atoms with Gasteiger partial charge in [-0.2, -0.15) is 0 Å². The van der Waals surface area contributed by atoms with Crippen LogP contribution >= 0.6 is 0 Å². The van der Waals surface area contributed by atoms with Crippen molar-refractivity contribution in [1.29, 1.82) is 0 Å². The van der Waals surface area contributed by atoms with Crippen LogP contribution in [0.15, 0.2) is 42.5 Å². The molecule has 2 aromatic carbocycles. The molecule has 0 aromatic heterocycles. The summed E-state index contributed by atoms with van der Waals surface area (Å²) in [4.78, 5) is 11.9. The largest absolute Gasteiger partial charge is 0.505 e. The van der Waals surface area contributed by atoms with Crippen molar-refractivity contribution < 1.29 is 14.3 Å². The number of aromatic hydroxyl groups is 1. The molecule has 92 valence electrons. The second-order valence-electron chi connectivity index (χ2n) is 3.71. The summed E-state index contributed by atoms with van der Waals surface area (Å²) in [5.41, 5.74) is 6.56. The van der Waals surface area contributed by atoms with Crippen molar-refractivity contribution in [2.75, 3.05) is 11.1 Å². The number of halogens is 1. The van der Waals surface area contributed by atoms with E-state index < -0.39 is 17.5 Å². The van der Waals surface area contributed by atoms with Gasteiger partial charge in [-0.05, 0) is 24.3 Å². The third-order valence-electron chi connectivity index (χ3n) is 2.41. The summed E-state index contributed by atoms with van der Waals surface area (Å²) < 4.78 is 13.1. The van der Waals surface area contributed by atoms with Crippen molar-refractivity contribution in [2.24, 2.45) is 0 Å². The standard InChI is InChI=1S/C13H11FN2O2/c14-10-7-8(5-6-12(10)17)16-13(18)9-3-1-2-4-11(9)15/h1-7,17H,15H2,(H,16,18). The molecule has 4 N–H and O–H groups in total. The van der Waals surface area contributed by atoms with Crippen LogP contribution in [0.5, 0.6) is 5.75 Å². The van der Waals surface area contributed by atoms with Crippen LogP contribution in [0, 0.1) is 5.82 Å². The number of hydrogen-bond acceptors (Lipinski definition) is 3. The number of anilines is 2. The van der Waals surface area contributed by atoms with Gasteiger partial charge in [0.15, 0.2) is 11.6 Å². The van der Waals surface area contributed by atoms with Crippen LogP contribution in [-0.2, 0) is 0 Å². The lowest BCUT2D eigenvalue weighted by atomic mass is 10.1. The molecule has 5 heteroatoms. The van der Waals surface area contributed by atoms with Gasteiger partial charge in [0.2, 0.25) is 0 Å². The number of phenols is 1. The van der Waals surface area contributed by atoms with Crippen molar-refractivity contribution in [2.45, 2.75) is 0 Å². The number of nitrogens with one attached hydrogen (secondary N) is 1. The van der Waals surface area contributed by atoms with Crippen molar-refractivity contribution >= 4 is 17.3 Å².